The van der Waals surface area contributed by atoms with Gasteiger partial charge in [-0.05, 0) is 23.8 Å². The lowest BCUT2D eigenvalue weighted by atomic mass is 10.2. The monoisotopic (exact) mass is 386 g/mol. The van der Waals surface area contributed by atoms with Gasteiger partial charge in [-0.2, -0.15) is 0 Å². The van der Waals surface area contributed by atoms with Crippen LogP contribution in [0.25, 0.3) is 0 Å². The fraction of sp³-hybridized carbons (Fsp3) is 0.368. The number of halogens is 1. The highest BCUT2D eigenvalue weighted by Gasteiger charge is 2.22. The first-order chi connectivity index (χ1) is 13.6. The van der Waals surface area contributed by atoms with E-state index in [2.05, 4.69) is 20.6 Å². The van der Waals surface area contributed by atoms with Crippen molar-refractivity contribution in [2.75, 3.05) is 37.6 Å². The van der Waals surface area contributed by atoms with E-state index in [-0.39, 0.29) is 30.7 Å². The number of anilines is 1. The van der Waals surface area contributed by atoms with Crippen LogP contribution in [0.5, 0.6) is 0 Å². The molecule has 2 heterocycles. The van der Waals surface area contributed by atoms with Gasteiger partial charge in [-0.1, -0.05) is 12.1 Å². The highest BCUT2D eigenvalue weighted by atomic mass is 19.1. The van der Waals surface area contributed by atoms with Gasteiger partial charge in [0.15, 0.2) is 0 Å². The molecule has 0 unspecified atom stereocenters. The van der Waals surface area contributed by atoms with Crippen molar-refractivity contribution >= 4 is 17.9 Å². The molecule has 0 bridgehead atoms. The Morgan fingerprint density at radius 1 is 1.00 bits per heavy atom. The van der Waals surface area contributed by atoms with Gasteiger partial charge in [-0.3, -0.25) is 4.79 Å². The van der Waals surface area contributed by atoms with E-state index >= 15 is 0 Å². The van der Waals surface area contributed by atoms with Crippen molar-refractivity contribution in [1.29, 1.82) is 0 Å². The summed E-state index contributed by atoms with van der Waals surface area (Å²) >= 11 is 0. The van der Waals surface area contributed by atoms with Crippen LogP contribution in [0.1, 0.15) is 12.0 Å². The number of carbonyl (C=O) groups is 2. The van der Waals surface area contributed by atoms with Gasteiger partial charge in [-0.15, -0.1) is 0 Å². The van der Waals surface area contributed by atoms with Crippen LogP contribution in [0.2, 0.25) is 0 Å². The Labute approximate surface area is 162 Å². The van der Waals surface area contributed by atoms with E-state index in [9.17, 15) is 14.0 Å². The quantitative estimate of drug-likeness (QED) is 0.777. The molecule has 148 valence electrons. The molecular formula is C19H23FN6O2. The number of rotatable bonds is 6. The van der Waals surface area contributed by atoms with Crippen LogP contribution in [0.4, 0.5) is 15.1 Å². The number of carbonyl (C=O) groups excluding carboxylic acids is 2. The minimum Gasteiger partial charge on any atom is -0.339 e. The normalized spacial score (nSPS) is 13.9. The summed E-state index contributed by atoms with van der Waals surface area (Å²) in [6.45, 7) is 3.13. The van der Waals surface area contributed by atoms with E-state index in [1.807, 2.05) is 4.90 Å². The van der Waals surface area contributed by atoms with Crippen molar-refractivity contribution < 1.29 is 14.0 Å². The van der Waals surface area contributed by atoms with Crippen molar-refractivity contribution in [3.8, 4) is 0 Å². The molecule has 28 heavy (non-hydrogen) atoms. The summed E-state index contributed by atoms with van der Waals surface area (Å²) in [5.41, 5.74) is 0.799. The van der Waals surface area contributed by atoms with Crippen LogP contribution in [0.15, 0.2) is 42.7 Å². The first-order valence-corrected chi connectivity index (χ1v) is 9.18. The van der Waals surface area contributed by atoms with Gasteiger partial charge < -0.3 is 20.4 Å². The molecule has 0 saturated carbocycles. The summed E-state index contributed by atoms with van der Waals surface area (Å²) in [6, 6.07) is 7.32. The predicted molar refractivity (Wildman–Crippen MR) is 102 cm³/mol. The SMILES string of the molecule is O=C(NCCC(=O)N1CCN(c2ncccn2)CC1)NCc1ccc(F)cc1. The number of aromatic nitrogens is 2. The Balaban J connectivity index is 1.32. The van der Waals surface area contributed by atoms with Crippen LogP contribution in [0.3, 0.4) is 0 Å². The summed E-state index contributed by atoms with van der Waals surface area (Å²) in [6.07, 6.45) is 3.64. The largest absolute Gasteiger partial charge is 0.339 e. The lowest BCUT2D eigenvalue weighted by Crippen LogP contribution is -2.49. The number of hydrogen-bond acceptors (Lipinski definition) is 5. The second kappa shape index (κ2) is 9.63. The molecule has 0 aliphatic carbocycles. The first kappa shape index (κ1) is 19.5. The van der Waals surface area contributed by atoms with E-state index in [0.29, 0.717) is 38.7 Å². The molecule has 0 radical (unpaired) electrons. The first-order valence-electron chi connectivity index (χ1n) is 9.18. The average molecular weight is 386 g/mol. The molecular weight excluding hydrogens is 363 g/mol. The number of nitrogens with one attached hydrogen (secondary N) is 2. The lowest BCUT2D eigenvalue weighted by Gasteiger charge is -2.34. The number of nitrogens with zero attached hydrogens (tertiary/aromatic N) is 4. The van der Waals surface area contributed by atoms with Crippen LogP contribution in [-0.4, -0.2) is 59.5 Å². The Bertz CT molecular complexity index is 779. The molecule has 1 aliphatic rings. The molecule has 1 saturated heterocycles. The molecule has 1 aromatic carbocycles. The van der Waals surface area contributed by atoms with Gasteiger partial charge in [0, 0.05) is 58.1 Å². The van der Waals surface area contributed by atoms with Gasteiger partial charge in [0.2, 0.25) is 11.9 Å². The number of benzene rings is 1. The number of hydrogen-bond donors (Lipinski definition) is 2. The molecule has 3 rings (SSSR count). The standard InChI is InChI=1S/C19H23FN6O2/c20-16-4-2-15(3-5-16)14-24-19(28)23-9-6-17(27)25-10-12-26(13-11-25)18-21-7-1-8-22-18/h1-5,7-8H,6,9-14H2,(H2,23,24,28). The maximum absolute atomic E-state index is 12.8. The third-order valence-corrected chi connectivity index (χ3v) is 4.46. The number of urea groups is 1. The summed E-state index contributed by atoms with van der Waals surface area (Å²) in [5.74, 6) is 0.366. The third kappa shape index (κ3) is 5.63. The lowest BCUT2D eigenvalue weighted by molar-refractivity contribution is -0.131. The Morgan fingerprint density at radius 2 is 1.68 bits per heavy atom. The molecule has 2 N–H and O–H groups in total. The average Bonchev–Trinajstić information content (AvgIpc) is 2.74. The van der Waals surface area contributed by atoms with Crippen molar-refractivity contribution in [1.82, 2.24) is 25.5 Å². The maximum atomic E-state index is 12.8. The maximum Gasteiger partial charge on any atom is 0.315 e. The second-order valence-electron chi connectivity index (χ2n) is 6.40. The van der Waals surface area contributed by atoms with Crippen molar-refractivity contribution in [2.45, 2.75) is 13.0 Å². The van der Waals surface area contributed by atoms with Gasteiger partial charge >= 0.3 is 6.03 Å². The summed E-state index contributed by atoms with van der Waals surface area (Å²) < 4.78 is 12.8. The zero-order chi connectivity index (χ0) is 19.8. The zero-order valence-electron chi connectivity index (χ0n) is 15.5. The smallest absolute Gasteiger partial charge is 0.315 e. The van der Waals surface area contributed by atoms with E-state index in [0.717, 1.165) is 5.56 Å². The molecule has 0 atom stereocenters. The van der Waals surface area contributed by atoms with Gasteiger partial charge in [0.05, 0.1) is 0 Å². The fourth-order valence-corrected chi connectivity index (χ4v) is 2.90. The van der Waals surface area contributed by atoms with E-state index in [1.165, 1.54) is 12.1 Å². The van der Waals surface area contributed by atoms with E-state index < -0.39 is 0 Å². The minimum absolute atomic E-state index is 0.00691. The summed E-state index contributed by atoms with van der Waals surface area (Å²) in [4.78, 5) is 36.4. The highest BCUT2D eigenvalue weighted by molar-refractivity contribution is 5.78. The molecule has 9 heteroatoms. The number of amides is 3. The Hall–Kier alpha value is -3.23. The van der Waals surface area contributed by atoms with Crippen molar-refractivity contribution in [3.63, 3.8) is 0 Å². The van der Waals surface area contributed by atoms with E-state index in [1.54, 1.807) is 35.5 Å². The van der Waals surface area contributed by atoms with Crippen LogP contribution >= 0.6 is 0 Å². The van der Waals surface area contributed by atoms with Crippen molar-refractivity contribution in [2.24, 2.45) is 0 Å². The van der Waals surface area contributed by atoms with E-state index in [4.69, 9.17) is 0 Å². The molecule has 1 aliphatic heterocycles. The summed E-state index contributed by atoms with van der Waals surface area (Å²) in [5, 5.41) is 5.34. The van der Waals surface area contributed by atoms with Crippen LogP contribution in [-0.2, 0) is 11.3 Å². The third-order valence-electron chi connectivity index (χ3n) is 4.46. The molecule has 1 fully saturated rings. The molecule has 8 nitrogen and oxygen atoms in total. The van der Waals surface area contributed by atoms with Crippen molar-refractivity contribution in [3.05, 3.63) is 54.1 Å². The molecule has 2 aromatic rings. The Kier molecular flexibility index (Phi) is 6.72. The predicted octanol–water partition coefficient (Wildman–Crippen LogP) is 1.15. The molecule has 0 spiro atoms. The topological polar surface area (TPSA) is 90.5 Å². The second-order valence-corrected chi connectivity index (χ2v) is 6.40. The zero-order valence-corrected chi connectivity index (χ0v) is 15.5. The highest BCUT2D eigenvalue weighted by Crippen LogP contribution is 2.10. The summed E-state index contributed by atoms with van der Waals surface area (Å²) in [7, 11) is 0. The minimum atomic E-state index is -0.358. The number of piperazine rings is 1. The van der Waals surface area contributed by atoms with Crippen LogP contribution < -0.4 is 15.5 Å². The molecule has 3 amide bonds. The van der Waals surface area contributed by atoms with Gasteiger partial charge in [0.1, 0.15) is 5.82 Å². The fourth-order valence-electron chi connectivity index (χ4n) is 2.90. The van der Waals surface area contributed by atoms with Gasteiger partial charge in [-0.25, -0.2) is 19.2 Å². The van der Waals surface area contributed by atoms with Crippen LogP contribution in [0, 0.1) is 5.82 Å². The van der Waals surface area contributed by atoms with Gasteiger partial charge in [0.25, 0.3) is 0 Å². The molecule has 1 aromatic heterocycles. The Morgan fingerprint density at radius 3 is 2.36 bits per heavy atom.